The standard InChI is InChI=1S/C16H18BrN3O2.C6H9F3N/c1-4-12-14(15(21)22)20-6-5-19(16(20)18-12)13-10(3)7-9(2)8-11(13)17;7-6(8,9)4-10-3-5-1-2-5/h7-8H,4-6H2,1-3H3,(H,21,22);5H,1-4H2/q;-1. The highest BCUT2D eigenvalue weighted by atomic mass is 79.9. The summed E-state index contributed by atoms with van der Waals surface area (Å²) in [6, 6.07) is 4.21. The van der Waals surface area contributed by atoms with Crippen LogP contribution in [0.4, 0.5) is 24.8 Å². The molecule has 2 aliphatic rings. The topological polar surface area (TPSA) is 72.5 Å². The molecule has 0 bridgehead atoms. The van der Waals surface area contributed by atoms with Crippen molar-refractivity contribution in [2.24, 2.45) is 5.92 Å². The highest BCUT2D eigenvalue weighted by Gasteiger charge is 2.31. The molecular formula is C22H27BrF3N4O2-. The predicted molar refractivity (Wildman–Crippen MR) is 121 cm³/mol. The van der Waals surface area contributed by atoms with E-state index in [1.54, 1.807) is 0 Å². The zero-order valence-corrected chi connectivity index (χ0v) is 19.9. The first-order valence-corrected chi connectivity index (χ1v) is 11.4. The smallest absolute Gasteiger partial charge is 0.371 e. The van der Waals surface area contributed by atoms with E-state index >= 15 is 0 Å². The number of hydrogen-bond donors (Lipinski definition) is 1. The number of carboxylic acid groups (broad SMARTS) is 1. The highest BCUT2D eigenvalue weighted by Crippen LogP contribution is 2.39. The van der Waals surface area contributed by atoms with E-state index in [0.717, 1.165) is 41.1 Å². The number of alkyl halides is 3. The lowest BCUT2D eigenvalue weighted by atomic mass is 10.1. The van der Waals surface area contributed by atoms with Crippen molar-refractivity contribution in [2.75, 3.05) is 24.5 Å². The van der Waals surface area contributed by atoms with Crippen molar-refractivity contribution in [2.45, 2.75) is 52.8 Å². The van der Waals surface area contributed by atoms with E-state index in [1.165, 1.54) is 5.56 Å². The van der Waals surface area contributed by atoms with Gasteiger partial charge in [0.2, 0.25) is 5.95 Å². The van der Waals surface area contributed by atoms with Gasteiger partial charge >= 0.3 is 12.1 Å². The number of aryl methyl sites for hydroxylation is 3. The minimum Gasteiger partial charge on any atom is -0.655 e. The Bertz CT molecular complexity index is 963. The lowest BCUT2D eigenvalue weighted by Crippen LogP contribution is -2.16. The molecule has 2 heterocycles. The summed E-state index contributed by atoms with van der Waals surface area (Å²) in [6.45, 7) is 6.87. The van der Waals surface area contributed by atoms with E-state index < -0.39 is 18.7 Å². The fraction of sp³-hybridized carbons (Fsp3) is 0.545. The van der Waals surface area contributed by atoms with Crippen molar-refractivity contribution >= 4 is 33.5 Å². The number of fused-ring (bicyclic) bond motifs is 1. The van der Waals surface area contributed by atoms with Gasteiger partial charge in [0.25, 0.3) is 0 Å². The first-order chi connectivity index (χ1) is 15.0. The molecule has 2 aromatic rings. The molecule has 1 aromatic heterocycles. The second kappa shape index (κ2) is 9.82. The number of rotatable bonds is 6. The zero-order valence-electron chi connectivity index (χ0n) is 18.3. The van der Waals surface area contributed by atoms with Crippen LogP contribution >= 0.6 is 15.9 Å². The summed E-state index contributed by atoms with van der Waals surface area (Å²) in [6.07, 6.45) is -1.37. The third-order valence-corrected chi connectivity index (χ3v) is 5.99. The molecule has 1 aliphatic carbocycles. The van der Waals surface area contributed by atoms with Crippen molar-refractivity contribution in [3.05, 3.63) is 44.4 Å². The summed E-state index contributed by atoms with van der Waals surface area (Å²) in [7, 11) is 0. The van der Waals surface area contributed by atoms with Crippen LogP contribution in [0.1, 0.15) is 47.1 Å². The van der Waals surface area contributed by atoms with E-state index in [2.05, 4.69) is 57.1 Å². The second-order valence-electron chi connectivity index (χ2n) is 8.20. The van der Waals surface area contributed by atoms with Gasteiger partial charge in [-0.15, -0.1) is 6.54 Å². The molecule has 1 aromatic carbocycles. The molecule has 0 unspecified atom stereocenters. The summed E-state index contributed by atoms with van der Waals surface area (Å²) in [4.78, 5) is 18.2. The maximum atomic E-state index is 11.5. The monoisotopic (exact) mass is 515 g/mol. The average molecular weight is 516 g/mol. The minimum absolute atomic E-state index is 0.320. The number of imidazole rings is 1. The van der Waals surface area contributed by atoms with Gasteiger partial charge in [0.05, 0.1) is 11.4 Å². The van der Waals surface area contributed by atoms with E-state index in [0.29, 0.717) is 36.8 Å². The van der Waals surface area contributed by atoms with Crippen LogP contribution in [0.3, 0.4) is 0 Å². The van der Waals surface area contributed by atoms with Crippen LogP contribution in [-0.2, 0) is 13.0 Å². The summed E-state index contributed by atoms with van der Waals surface area (Å²) >= 11 is 3.64. The lowest BCUT2D eigenvalue weighted by molar-refractivity contribution is -0.113. The second-order valence-corrected chi connectivity index (χ2v) is 9.06. The third kappa shape index (κ3) is 5.83. The van der Waals surface area contributed by atoms with Gasteiger partial charge < -0.3 is 19.9 Å². The molecule has 1 aliphatic heterocycles. The molecule has 0 radical (unpaired) electrons. The Morgan fingerprint density at radius 2 is 1.97 bits per heavy atom. The molecular weight excluding hydrogens is 489 g/mol. The number of carboxylic acids is 1. The highest BCUT2D eigenvalue weighted by molar-refractivity contribution is 9.10. The Morgan fingerprint density at radius 1 is 1.28 bits per heavy atom. The summed E-state index contributed by atoms with van der Waals surface area (Å²) in [5, 5.41) is 12.8. The number of aromatic carboxylic acids is 1. The van der Waals surface area contributed by atoms with Crippen molar-refractivity contribution in [1.82, 2.24) is 9.55 Å². The van der Waals surface area contributed by atoms with Gasteiger partial charge in [-0.1, -0.05) is 38.3 Å². The Balaban J connectivity index is 0.000000243. The molecule has 176 valence electrons. The Kier molecular flexibility index (Phi) is 7.54. The summed E-state index contributed by atoms with van der Waals surface area (Å²) in [5.74, 6) is 0.279. The number of halogens is 4. The van der Waals surface area contributed by atoms with Crippen molar-refractivity contribution in [3.8, 4) is 0 Å². The van der Waals surface area contributed by atoms with Crippen LogP contribution in [0.2, 0.25) is 0 Å². The Labute approximate surface area is 193 Å². The van der Waals surface area contributed by atoms with Gasteiger partial charge in [-0.05, 0) is 53.4 Å². The minimum atomic E-state index is -4.10. The number of anilines is 2. The first kappa shape index (κ1) is 24.6. The fourth-order valence-corrected chi connectivity index (χ4v) is 4.72. The van der Waals surface area contributed by atoms with E-state index in [9.17, 15) is 23.1 Å². The molecule has 4 rings (SSSR count). The predicted octanol–water partition coefficient (Wildman–Crippen LogP) is 6.01. The van der Waals surface area contributed by atoms with E-state index in [4.69, 9.17) is 0 Å². The number of carbonyl (C=O) groups is 1. The van der Waals surface area contributed by atoms with Crippen LogP contribution < -0.4 is 4.90 Å². The fourth-order valence-electron chi connectivity index (χ4n) is 3.83. The summed E-state index contributed by atoms with van der Waals surface area (Å²) < 4.78 is 37.1. The van der Waals surface area contributed by atoms with Crippen molar-refractivity contribution in [1.29, 1.82) is 0 Å². The van der Waals surface area contributed by atoms with Crippen LogP contribution in [0, 0.1) is 19.8 Å². The molecule has 0 amide bonds. The number of nitrogens with zero attached hydrogens (tertiary/aromatic N) is 4. The SMILES string of the molecule is CCc1nc2n(c1C(=O)O)CCN2c1c(C)cc(C)cc1Br.FC(F)(F)C[N-]CC1CC1. The molecule has 1 fully saturated rings. The molecule has 10 heteroatoms. The maximum Gasteiger partial charge on any atom is 0.371 e. The van der Waals surface area contributed by atoms with Gasteiger partial charge in [0, 0.05) is 17.6 Å². The quantitative estimate of drug-likeness (QED) is 0.511. The van der Waals surface area contributed by atoms with Gasteiger partial charge in [-0.3, -0.25) is 0 Å². The van der Waals surface area contributed by atoms with Crippen LogP contribution in [0.5, 0.6) is 0 Å². The van der Waals surface area contributed by atoms with Gasteiger partial charge in [-0.2, -0.15) is 13.2 Å². The zero-order chi connectivity index (χ0) is 23.6. The Morgan fingerprint density at radius 3 is 2.50 bits per heavy atom. The molecule has 0 spiro atoms. The number of aromatic nitrogens is 2. The number of benzene rings is 1. The van der Waals surface area contributed by atoms with Crippen LogP contribution in [-0.4, -0.2) is 46.4 Å². The van der Waals surface area contributed by atoms with Gasteiger partial charge in [-0.25, -0.2) is 9.78 Å². The van der Waals surface area contributed by atoms with E-state index in [-0.39, 0.29) is 0 Å². The Hall–Kier alpha value is -2.07. The van der Waals surface area contributed by atoms with Crippen molar-refractivity contribution < 1.29 is 23.1 Å². The average Bonchev–Trinajstić information content (AvgIpc) is 3.29. The van der Waals surface area contributed by atoms with Crippen LogP contribution in [0.15, 0.2) is 16.6 Å². The molecule has 0 saturated heterocycles. The molecule has 1 N–H and O–H groups in total. The molecule has 1 saturated carbocycles. The molecule has 6 nitrogen and oxygen atoms in total. The number of hydrogen-bond acceptors (Lipinski definition) is 3. The van der Waals surface area contributed by atoms with E-state index in [1.807, 2.05) is 11.5 Å². The lowest BCUT2D eigenvalue weighted by Gasteiger charge is -2.21. The molecule has 0 atom stereocenters. The van der Waals surface area contributed by atoms with Gasteiger partial charge in [0.15, 0.2) is 5.69 Å². The molecule has 32 heavy (non-hydrogen) atoms. The largest absolute Gasteiger partial charge is 0.655 e. The maximum absolute atomic E-state index is 11.5. The van der Waals surface area contributed by atoms with Crippen LogP contribution in [0.25, 0.3) is 5.32 Å². The first-order valence-electron chi connectivity index (χ1n) is 10.6. The van der Waals surface area contributed by atoms with Crippen molar-refractivity contribution in [3.63, 3.8) is 0 Å². The summed E-state index contributed by atoms with van der Waals surface area (Å²) in [5.41, 5.74) is 4.37. The van der Waals surface area contributed by atoms with Gasteiger partial charge in [0.1, 0.15) is 0 Å². The third-order valence-electron chi connectivity index (χ3n) is 5.39. The normalized spacial score (nSPS) is 15.4.